The second kappa shape index (κ2) is 7.01. The first-order valence-electron chi connectivity index (χ1n) is 7.69. The van der Waals surface area contributed by atoms with Crippen LogP contribution in [0.1, 0.15) is 27.7 Å². The molecular weight excluding hydrogens is 360 g/mol. The highest BCUT2D eigenvalue weighted by molar-refractivity contribution is 6.31. The SMILES string of the molecule is Cc1nn(Cc2ccc(C(=O)Nc3ccc([N+](=O)[O-])cc3)o2)c(C)c1Cl. The molecule has 134 valence electrons. The van der Waals surface area contributed by atoms with E-state index in [1.165, 1.54) is 24.3 Å². The molecule has 0 unspecified atom stereocenters. The van der Waals surface area contributed by atoms with Gasteiger partial charge in [-0.05, 0) is 38.1 Å². The fraction of sp³-hybridized carbons (Fsp3) is 0.176. The normalized spacial score (nSPS) is 10.7. The molecule has 9 heteroatoms. The molecule has 26 heavy (non-hydrogen) atoms. The van der Waals surface area contributed by atoms with Gasteiger partial charge in [-0.3, -0.25) is 19.6 Å². The summed E-state index contributed by atoms with van der Waals surface area (Å²) < 4.78 is 7.27. The summed E-state index contributed by atoms with van der Waals surface area (Å²) in [6.07, 6.45) is 0. The fourth-order valence-electron chi connectivity index (χ4n) is 2.42. The minimum absolute atomic E-state index is 0.0492. The topological polar surface area (TPSA) is 103 Å². The van der Waals surface area contributed by atoms with Crippen molar-refractivity contribution in [2.24, 2.45) is 0 Å². The molecule has 0 atom stereocenters. The van der Waals surface area contributed by atoms with E-state index in [9.17, 15) is 14.9 Å². The molecule has 0 radical (unpaired) electrons. The van der Waals surface area contributed by atoms with Gasteiger partial charge in [-0.25, -0.2) is 0 Å². The molecule has 0 spiro atoms. The summed E-state index contributed by atoms with van der Waals surface area (Å²) in [6, 6.07) is 8.79. The fourth-order valence-corrected chi connectivity index (χ4v) is 2.56. The number of hydrogen-bond acceptors (Lipinski definition) is 5. The van der Waals surface area contributed by atoms with Crippen molar-refractivity contribution >= 4 is 28.9 Å². The molecule has 3 aromatic rings. The number of nitrogens with one attached hydrogen (secondary N) is 1. The van der Waals surface area contributed by atoms with Gasteiger partial charge in [0, 0.05) is 17.8 Å². The number of halogens is 1. The van der Waals surface area contributed by atoms with Crippen molar-refractivity contribution in [1.29, 1.82) is 0 Å². The molecule has 0 aliphatic heterocycles. The van der Waals surface area contributed by atoms with E-state index < -0.39 is 10.8 Å². The maximum Gasteiger partial charge on any atom is 0.291 e. The average molecular weight is 375 g/mol. The van der Waals surface area contributed by atoms with E-state index in [-0.39, 0.29) is 11.4 Å². The molecule has 1 amide bonds. The van der Waals surface area contributed by atoms with Crippen molar-refractivity contribution in [2.75, 3.05) is 5.32 Å². The third kappa shape index (κ3) is 3.60. The number of nitrogens with zero attached hydrogens (tertiary/aromatic N) is 3. The van der Waals surface area contributed by atoms with Gasteiger partial charge in [-0.15, -0.1) is 0 Å². The summed E-state index contributed by atoms with van der Waals surface area (Å²) in [5.41, 5.74) is 1.93. The predicted octanol–water partition coefficient (Wildman–Crippen LogP) is 3.96. The number of anilines is 1. The Morgan fingerprint density at radius 2 is 1.96 bits per heavy atom. The molecule has 0 aliphatic rings. The zero-order valence-corrected chi connectivity index (χ0v) is 14.8. The Balaban J connectivity index is 1.69. The largest absolute Gasteiger partial charge is 0.454 e. The molecule has 8 nitrogen and oxygen atoms in total. The predicted molar refractivity (Wildman–Crippen MR) is 95.6 cm³/mol. The molecule has 0 aliphatic carbocycles. The molecule has 0 fully saturated rings. The summed E-state index contributed by atoms with van der Waals surface area (Å²) in [6.45, 7) is 4.02. The number of carbonyl (C=O) groups excluding carboxylic acids is 1. The monoisotopic (exact) mass is 374 g/mol. The number of non-ortho nitro benzene ring substituents is 1. The number of furan rings is 1. The van der Waals surface area contributed by atoms with Crippen molar-refractivity contribution in [3.05, 3.63) is 74.4 Å². The molecule has 0 bridgehead atoms. The van der Waals surface area contributed by atoms with E-state index in [1.54, 1.807) is 16.8 Å². The molecule has 0 saturated carbocycles. The number of nitro groups is 1. The number of aryl methyl sites for hydroxylation is 1. The first kappa shape index (κ1) is 17.7. The molecule has 0 saturated heterocycles. The first-order chi connectivity index (χ1) is 12.3. The number of aromatic nitrogens is 2. The number of rotatable bonds is 5. The maximum atomic E-state index is 12.2. The van der Waals surface area contributed by atoms with Gasteiger partial charge >= 0.3 is 0 Å². The summed E-state index contributed by atoms with van der Waals surface area (Å²) in [4.78, 5) is 22.4. The Bertz CT molecular complexity index is 975. The van der Waals surface area contributed by atoms with Crippen LogP contribution in [0.3, 0.4) is 0 Å². The molecular formula is C17H15ClN4O4. The van der Waals surface area contributed by atoms with Crippen molar-refractivity contribution in [3.8, 4) is 0 Å². The van der Waals surface area contributed by atoms with Crippen molar-refractivity contribution in [3.63, 3.8) is 0 Å². The molecule has 1 aromatic carbocycles. The average Bonchev–Trinajstić information content (AvgIpc) is 3.17. The van der Waals surface area contributed by atoms with Gasteiger partial charge in [0.15, 0.2) is 5.76 Å². The van der Waals surface area contributed by atoms with Crippen LogP contribution < -0.4 is 5.32 Å². The summed E-state index contributed by atoms with van der Waals surface area (Å²) in [5.74, 6) is 0.239. The third-order valence-corrected chi connectivity index (χ3v) is 4.37. The van der Waals surface area contributed by atoms with E-state index in [1.807, 2.05) is 13.8 Å². The molecule has 2 heterocycles. The van der Waals surface area contributed by atoms with Crippen LogP contribution in [0.25, 0.3) is 0 Å². The standard InChI is InChI=1S/C17H15ClN4O4/c1-10-16(18)11(2)21(20-10)9-14-7-8-15(26-14)17(23)19-12-3-5-13(6-4-12)22(24)25/h3-8H,9H2,1-2H3,(H,19,23). The summed E-state index contributed by atoms with van der Waals surface area (Å²) in [5, 5.41) is 18.2. The van der Waals surface area contributed by atoms with Crippen LogP contribution in [0.4, 0.5) is 11.4 Å². The minimum atomic E-state index is -0.504. The smallest absolute Gasteiger partial charge is 0.291 e. The van der Waals surface area contributed by atoms with Crippen LogP contribution in [-0.4, -0.2) is 20.6 Å². The lowest BCUT2D eigenvalue weighted by Gasteiger charge is -2.03. The highest BCUT2D eigenvalue weighted by Crippen LogP contribution is 2.21. The Labute approximate surface area is 153 Å². The van der Waals surface area contributed by atoms with Gasteiger partial charge in [-0.2, -0.15) is 5.10 Å². The van der Waals surface area contributed by atoms with Gasteiger partial charge < -0.3 is 9.73 Å². The van der Waals surface area contributed by atoms with Gasteiger partial charge in [-0.1, -0.05) is 11.6 Å². The van der Waals surface area contributed by atoms with E-state index in [2.05, 4.69) is 10.4 Å². The van der Waals surface area contributed by atoms with Gasteiger partial charge in [0.25, 0.3) is 11.6 Å². The molecule has 3 rings (SSSR count). The van der Waals surface area contributed by atoms with E-state index in [0.29, 0.717) is 23.0 Å². The number of nitro benzene ring substituents is 1. The Morgan fingerprint density at radius 1 is 1.27 bits per heavy atom. The second-order valence-electron chi connectivity index (χ2n) is 5.67. The van der Waals surface area contributed by atoms with Crippen molar-refractivity contribution in [2.45, 2.75) is 20.4 Å². The van der Waals surface area contributed by atoms with E-state index in [4.69, 9.17) is 16.0 Å². The lowest BCUT2D eigenvalue weighted by atomic mass is 10.3. The van der Waals surface area contributed by atoms with Crippen LogP contribution in [0.15, 0.2) is 40.8 Å². The summed E-state index contributed by atoms with van der Waals surface area (Å²) in [7, 11) is 0. The quantitative estimate of drug-likeness (QED) is 0.537. The van der Waals surface area contributed by atoms with Crippen LogP contribution in [0.5, 0.6) is 0 Å². The van der Waals surface area contributed by atoms with Crippen molar-refractivity contribution < 1.29 is 14.1 Å². The second-order valence-corrected chi connectivity index (χ2v) is 6.04. The van der Waals surface area contributed by atoms with Crippen LogP contribution in [-0.2, 0) is 6.54 Å². The van der Waals surface area contributed by atoms with Crippen LogP contribution >= 0.6 is 11.6 Å². The number of carbonyl (C=O) groups is 1. The van der Waals surface area contributed by atoms with E-state index >= 15 is 0 Å². The molecule has 1 N–H and O–H groups in total. The maximum absolute atomic E-state index is 12.2. The Morgan fingerprint density at radius 3 is 2.54 bits per heavy atom. The number of amides is 1. The first-order valence-corrected chi connectivity index (χ1v) is 8.07. The Kier molecular flexibility index (Phi) is 4.77. The van der Waals surface area contributed by atoms with E-state index in [0.717, 1.165) is 11.4 Å². The summed E-state index contributed by atoms with van der Waals surface area (Å²) >= 11 is 6.12. The Hall–Kier alpha value is -3.13. The number of hydrogen-bond donors (Lipinski definition) is 1. The van der Waals surface area contributed by atoms with Crippen LogP contribution in [0, 0.1) is 24.0 Å². The minimum Gasteiger partial charge on any atom is -0.454 e. The zero-order valence-electron chi connectivity index (χ0n) is 14.0. The van der Waals surface area contributed by atoms with Crippen molar-refractivity contribution in [1.82, 2.24) is 9.78 Å². The highest BCUT2D eigenvalue weighted by Gasteiger charge is 2.15. The lowest BCUT2D eigenvalue weighted by molar-refractivity contribution is -0.384. The van der Waals surface area contributed by atoms with Gasteiger partial charge in [0.1, 0.15) is 5.76 Å². The van der Waals surface area contributed by atoms with Crippen LogP contribution in [0.2, 0.25) is 5.02 Å². The van der Waals surface area contributed by atoms with Gasteiger partial charge in [0.05, 0.1) is 27.9 Å². The third-order valence-electron chi connectivity index (χ3n) is 3.82. The zero-order chi connectivity index (χ0) is 18.8. The van der Waals surface area contributed by atoms with Gasteiger partial charge in [0.2, 0.25) is 0 Å². The molecule has 2 aromatic heterocycles. The highest BCUT2D eigenvalue weighted by atomic mass is 35.5. The lowest BCUT2D eigenvalue weighted by Crippen LogP contribution is -2.11. The number of benzene rings is 1.